The zero-order chi connectivity index (χ0) is 21.0. The highest BCUT2D eigenvalue weighted by Crippen LogP contribution is 2.14. The quantitative estimate of drug-likeness (QED) is 0.646. The molecule has 0 aliphatic heterocycles. The van der Waals surface area contributed by atoms with Crippen LogP contribution in [0, 0.1) is 12.8 Å². The molecule has 0 saturated heterocycles. The van der Waals surface area contributed by atoms with E-state index in [2.05, 4.69) is 20.8 Å². The maximum absolute atomic E-state index is 13.0. The fourth-order valence-electron chi connectivity index (χ4n) is 3.30. The van der Waals surface area contributed by atoms with Crippen LogP contribution in [-0.4, -0.2) is 32.5 Å². The summed E-state index contributed by atoms with van der Waals surface area (Å²) in [4.78, 5) is 25.7. The lowest BCUT2D eigenvalue weighted by Crippen LogP contribution is -2.48. The van der Waals surface area contributed by atoms with Crippen LogP contribution in [0.15, 0.2) is 48.7 Å². The summed E-state index contributed by atoms with van der Waals surface area (Å²) in [7, 11) is 0. The van der Waals surface area contributed by atoms with Crippen molar-refractivity contribution in [2.75, 3.05) is 0 Å². The van der Waals surface area contributed by atoms with E-state index in [-0.39, 0.29) is 23.8 Å². The largest absolute Gasteiger partial charge is 0.345 e. The van der Waals surface area contributed by atoms with Crippen LogP contribution in [0.3, 0.4) is 0 Å². The van der Waals surface area contributed by atoms with Crippen LogP contribution >= 0.6 is 0 Å². The molecule has 3 aromatic rings. The first-order chi connectivity index (χ1) is 13.9. The topological polar surface area (TPSA) is 88.4 Å². The van der Waals surface area contributed by atoms with Crippen LogP contribution in [0.5, 0.6) is 0 Å². The van der Waals surface area contributed by atoms with Crippen molar-refractivity contribution in [2.45, 2.75) is 46.2 Å². The van der Waals surface area contributed by atoms with Gasteiger partial charge in [0.1, 0.15) is 6.04 Å². The minimum Gasteiger partial charge on any atom is -0.345 e. The van der Waals surface area contributed by atoms with Crippen molar-refractivity contribution >= 4 is 17.5 Å². The van der Waals surface area contributed by atoms with E-state index in [1.165, 1.54) is 0 Å². The second-order valence-corrected chi connectivity index (χ2v) is 7.69. The van der Waals surface area contributed by atoms with Gasteiger partial charge in [-0.25, -0.2) is 0 Å². The number of rotatable bonds is 7. The molecule has 0 radical (unpaired) electrons. The Morgan fingerprint density at radius 3 is 2.45 bits per heavy atom. The van der Waals surface area contributed by atoms with Crippen molar-refractivity contribution in [2.24, 2.45) is 5.92 Å². The first-order valence-corrected chi connectivity index (χ1v) is 9.83. The van der Waals surface area contributed by atoms with Crippen LogP contribution in [-0.2, 0) is 4.79 Å². The van der Waals surface area contributed by atoms with Crippen molar-refractivity contribution < 1.29 is 9.59 Å². The number of amides is 2. The first kappa shape index (κ1) is 20.5. The molecular weight excluding hydrogens is 366 g/mol. The summed E-state index contributed by atoms with van der Waals surface area (Å²) in [5, 5.41) is 14.2. The number of pyridine rings is 1. The highest BCUT2D eigenvalue weighted by Gasteiger charge is 2.25. The molecule has 2 atom stereocenters. The summed E-state index contributed by atoms with van der Waals surface area (Å²) in [6.45, 7) is 7.78. The van der Waals surface area contributed by atoms with Gasteiger partial charge >= 0.3 is 0 Å². The summed E-state index contributed by atoms with van der Waals surface area (Å²) in [6.07, 6.45) is 2.40. The smallest absolute Gasteiger partial charge is 0.252 e. The maximum atomic E-state index is 13.0. The molecule has 2 N–H and O–H groups in total. The zero-order valence-electron chi connectivity index (χ0n) is 17.2. The molecule has 0 aliphatic rings. The van der Waals surface area contributed by atoms with Gasteiger partial charge in [0.15, 0.2) is 11.5 Å². The number of hydrogen-bond acceptors (Lipinski definition) is 4. The van der Waals surface area contributed by atoms with Crippen LogP contribution < -0.4 is 10.6 Å². The Hall–Kier alpha value is -3.22. The number of aryl methyl sites for hydroxylation is 1. The fraction of sp³-hybridized carbons (Fsp3) is 0.364. The molecule has 7 nitrogen and oxygen atoms in total. The molecule has 1 aromatic carbocycles. The van der Waals surface area contributed by atoms with Crippen LogP contribution in [0.25, 0.3) is 5.65 Å². The van der Waals surface area contributed by atoms with Crippen molar-refractivity contribution in [1.82, 2.24) is 25.2 Å². The molecule has 0 saturated carbocycles. The van der Waals surface area contributed by atoms with E-state index in [0.29, 0.717) is 17.8 Å². The van der Waals surface area contributed by atoms with Gasteiger partial charge in [0.25, 0.3) is 5.91 Å². The Morgan fingerprint density at radius 1 is 1.00 bits per heavy atom. The minimum atomic E-state index is -0.635. The van der Waals surface area contributed by atoms with E-state index in [4.69, 9.17) is 0 Å². The zero-order valence-corrected chi connectivity index (χ0v) is 17.2. The molecule has 152 valence electrons. The second-order valence-electron chi connectivity index (χ2n) is 7.69. The van der Waals surface area contributed by atoms with Gasteiger partial charge in [0.2, 0.25) is 5.91 Å². The third kappa shape index (κ3) is 4.80. The molecule has 2 aromatic heterocycles. The van der Waals surface area contributed by atoms with Gasteiger partial charge in [-0.05, 0) is 49.9 Å². The summed E-state index contributed by atoms with van der Waals surface area (Å²) in [5.41, 5.74) is 2.16. The normalized spacial score (nSPS) is 13.3. The van der Waals surface area contributed by atoms with Gasteiger partial charge in [0, 0.05) is 11.8 Å². The van der Waals surface area contributed by atoms with Crippen molar-refractivity contribution in [3.63, 3.8) is 0 Å². The van der Waals surface area contributed by atoms with Crippen LogP contribution in [0.4, 0.5) is 0 Å². The summed E-state index contributed by atoms with van der Waals surface area (Å²) in [6, 6.07) is 12.0. The molecule has 0 bridgehead atoms. The third-order valence-corrected chi connectivity index (χ3v) is 4.80. The van der Waals surface area contributed by atoms with E-state index in [1.807, 2.05) is 74.7 Å². The van der Waals surface area contributed by atoms with E-state index in [0.717, 1.165) is 11.2 Å². The number of nitrogens with zero attached hydrogens (tertiary/aromatic N) is 3. The summed E-state index contributed by atoms with van der Waals surface area (Å²) in [5.74, 6) is 0.403. The third-order valence-electron chi connectivity index (χ3n) is 4.80. The van der Waals surface area contributed by atoms with Crippen molar-refractivity contribution in [1.29, 1.82) is 0 Å². The van der Waals surface area contributed by atoms with Crippen molar-refractivity contribution in [3.8, 4) is 0 Å². The Kier molecular flexibility index (Phi) is 6.26. The van der Waals surface area contributed by atoms with Crippen LogP contribution in [0.1, 0.15) is 55.0 Å². The minimum absolute atomic E-state index is 0.235. The molecule has 0 fully saturated rings. The molecule has 2 heterocycles. The highest BCUT2D eigenvalue weighted by atomic mass is 16.2. The molecule has 7 heteroatoms. The lowest BCUT2D eigenvalue weighted by atomic mass is 10.0. The van der Waals surface area contributed by atoms with Gasteiger partial charge in [-0.15, -0.1) is 10.2 Å². The number of carbonyl (C=O) groups excluding carboxylic acids is 2. The standard InChI is InChI=1S/C22H27N5O2/c1-14(2)13-18(24-21(28)17-10-6-5-9-15(17)3)22(29)23-16(4)20-26-25-19-11-7-8-12-27(19)20/h5-12,14,16,18H,13H2,1-4H3,(H,23,29)(H,24,28). The number of nitrogens with one attached hydrogen (secondary N) is 2. The monoisotopic (exact) mass is 393 g/mol. The average Bonchev–Trinajstić information content (AvgIpc) is 3.11. The molecule has 3 rings (SSSR count). The average molecular weight is 393 g/mol. The van der Waals surface area contributed by atoms with E-state index in [1.54, 1.807) is 6.07 Å². The molecule has 29 heavy (non-hydrogen) atoms. The Bertz CT molecular complexity index is 1010. The molecule has 0 spiro atoms. The number of benzene rings is 1. The Labute approximate surface area is 170 Å². The van der Waals surface area contributed by atoms with Gasteiger partial charge in [-0.2, -0.15) is 0 Å². The van der Waals surface area contributed by atoms with Crippen molar-refractivity contribution in [3.05, 3.63) is 65.6 Å². The van der Waals surface area contributed by atoms with E-state index in [9.17, 15) is 9.59 Å². The first-order valence-electron chi connectivity index (χ1n) is 9.83. The van der Waals surface area contributed by atoms with Gasteiger partial charge in [-0.1, -0.05) is 38.1 Å². The van der Waals surface area contributed by atoms with E-state index < -0.39 is 6.04 Å². The fourth-order valence-corrected chi connectivity index (χ4v) is 3.30. The Morgan fingerprint density at radius 2 is 1.72 bits per heavy atom. The van der Waals surface area contributed by atoms with Gasteiger partial charge < -0.3 is 10.6 Å². The highest BCUT2D eigenvalue weighted by molar-refractivity contribution is 5.98. The number of fused-ring (bicyclic) bond motifs is 1. The lowest BCUT2D eigenvalue weighted by Gasteiger charge is -2.22. The number of aromatic nitrogens is 3. The number of carbonyl (C=O) groups is 2. The molecule has 2 amide bonds. The molecular formula is C22H27N5O2. The second kappa shape index (κ2) is 8.86. The summed E-state index contributed by atoms with van der Waals surface area (Å²) < 4.78 is 1.84. The SMILES string of the molecule is Cc1ccccc1C(=O)NC(CC(C)C)C(=O)NC(C)c1nnc2ccccn12. The lowest BCUT2D eigenvalue weighted by molar-refractivity contribution is -0.124. The molecule has 0 aliphatic carbocycles. The van der Waals surface area contributed by atoms with E-state index >= 15 is 0 Å². The molecule has 2 unspecified atom stereocenters. The Balaban J connectivity index is 1.75. The van der Waals surface area contributed by atoms with Crippen LogP contribution in [0.2, 0.25) is 0 Å². The predicted molar refractivity (Wildman–Crippen MR) is 111 cm³/mol. The van der Waals surface area contributed by atoms with Gasteiger partial charge in [-0.3, -0.25) is 14.0 Å². The maximum Gasteiger partial charge on any atom is 0.252 e. The van der Waals surface area contributed by atoms with Gasteiger partial charge in [0.05, 0.1) is 6.04 Å². The predicted octanol–water partition coefficient (Wildman–Crippen LogP) is 3.06. The summed E-state index contributed by atoms with van der Waals surface area (Å²) >= 11 is 0. The number of hydrogen-bond donors (Lipinski definition) is 2.